The van der Waals surface area contributed by atoms with E-state index in [0.29, 0.717) is 16.8 Å². The van der Waals surface area contributed by atoms with Crippen molar-refractivity contribution in [3.63, 3.8) is 0 Å². The van der Waals surface area contributed by atoms with E-state index in [9.17, 15) is 18.5 Å². The van der Waals surface area contributed by atoms with Gasteiger partial charge in [-0.05, 0) is 18.6 Å². The summed E-state index contributed by atoms with van der Waals surface area (Å²) < 4.78 is 24.6. The Morgan fingerprint density at radius 3 is 2.62 bits per heavy atom. The number of nitro groups is 1. The monoisotopic (exact) mass is 393 g/mol. The molecule has 0 unspecified atom stereocenters. The van der Waals surface area contributed by atoms with E-state index in [1.807, 2.05) is 0 Å². The van der Waals surface area contributed by atoms with Gasteiger partial charge in [0.2, 0.25) is 0 Å². The van der Waals surface area contributed by atoms with E-state index in [0.717, 1.165) is 5.56 Å². The highest BCUT2D eigenvalue weighted by Gasteiger charge is 2.17. The minimum atomic E-state index is -3.89. The molecule has 1 heterocycles. The van der Waals surface area contributed by atoms with Crippen LogP contribution >= 0.6 is 26.6 Å². The molecule has 21 heavy (non-hydrogen) atoms. The van der Waals surface area contributed by atoms with Crippen molar-refractivity contribution in [2.75, 3.05) is 0 Å². The van der Waals surface area contributed by atoms with Crippen molar-refractivity contribution in [1.82, 2.24) is 9.55 Å². The second-order valence-corrected chi connectivity index (χ2v) is 7.59. The standard InChI is InChI=1S/C11H9BrClN3O4S/c1-7-14-11(21(13,19)20)6-15(7)5-8-2-3-9(16(17)18)4-10(8)12/h2-4,6H,5H2,1H3. The summed E-state index contributed by atoms with van der Waals surface area (Å²) in [5, 5.41) is 10.5. The fourth-order valence-electron chi connectivity index (χ4n) is 1.72. The van der Waals surface area contributed by atoms with Crippen LogP contribution in [0.25, 0.3) is 0 Å². The van der Waals surface area contributed by atoms with E-state index in [1.54, 1.807) is 17.6 Å². The fourth-order valence-corrected chi connectivity index (χ4v) is 2.93. The number of hydrogen-bond donors (Lipinski definition) is 0. The lowest BCUT2D eigenvalue weighted by atomic mass is 10.2. The number of hydrogen-bond acceptors (Lipinski definition) is 5. The van der Waals surface area contributed by atoms with Crippen LogP contribution < -0.4 is 0 Å². The third-order valence-electron chi connectivity index (χ3n) is 2.79. The molecule has 112 valence electrons. The molecule has 0 saturated heterocycles. The second-order valence-electron chi connectivity index (χ2n) is 4.22. The van der Waals surface area contributed by atoms with Crippen LogP contribution in [-0.4, -0.2) is 22.9 Å². The van der Waals surface area contributed by atoms with Crippen LogP contribution in [0.5, 0.6) is 0 Å². The predicted molar refractivity (Wildman–Crippen MR) is 79.9 cm³/mol. The van der Waals surface area contributed by atoms with Crippen LogP contribution in [0, 0.1) is 17.0 Å². The van der Waals surface area contributed by atoms with Crippen molar-refractivity contribution >= 4 is 41.4 Å². The number of benzene rings is 1. The minimum Gasteiger partial charge on any atom is -0.329 e. The van der Waals surface area contributed by atoms with Crippen molar-refractivity contribution in [2.45, 2.75) is 18.5 Å². The highest BCUT2D eigenvalue weighted by Crippen LogP contribution is 2.24. The topological polar surface area (TPSA) is 95.1 Å². The predicted octanol–water partition coefficient (Wildman–Crippen LogP) is 2.84. The Morgan fingerprint density at radius 1 is 1.48 bits per heavy atom. The molecule has 0 bridgehead atoms. The van der Waals surface area contributed by atoms with Gasteiger partial charge >= 0.3 is 0 Å². The smallest absolute Gasteiger partial charge is 0.280 e. The first-order valence-corrected chi connectivity index (χ1v) is 8.70. The second kappa shape index (κ2) is 5.74. The zero-order valence-electron chi connectivity index (χ0n) is 10.7. The largest absolute Gasteiger partial charge is 0.329 e. The van der Waals surface area contributed by atoms with Crippen LogP contribution in [-0.2, 0) is 15.6 Å². The first kappa shape index (κ1) is 15.9. The number of aryl methyl sites for hydroxylation is 1. The lowest BCUT2D eigenvalue weighted by molar-refractivity contribution is -0.384. The van der Waals surface area contributed by atoms with Gasteiger partial charge in [0.1, 0.15) is 5.82 Å². The maximum Gasteiger partial charge on any atom is 0.280 e. The summed E-state index contributed by atoms with van der Waals surface area (Å²) in [6.07, 6.45) is 1.32. The summed E-state index contributed by atoms with van der Waals surface area (Å²) in [5.74, 6) is 0.472. The molecule has 0 fully saturated rings. The average Bonchev–Trinajstić information content (AvgIpc) is 2.73. The molecule has 1 aromatic heterocycles. The molecule has 0 amide bonds. The third-order valence-corrected chi connectivity index (χ3v) is 4.70. The molecular formula is C11H9BrClN3O4S. The van der Waals surface area contributed by atoms with Crippen LogP contribution in [0.15, 0.2) is 33.9 Å². The van der Waals surface area contributed by atoms with E-state index >= 15 is 0 Å². The molecular weight excluding hydrogens is 386 g/mol. The Labute approximate surface area is 133 Å². The van der Waals surface area contributed by atoms with Crippen molar-refractivity contribution in [3.05, 3.63) is 50.4 Å². The molecule has 2 aromatic rings. The van der Waals surface area contributed by atoms with Gasteiger partial charge in [0.25, 0.3) is 14.7 Å². The molecule has 0 N–H and O–H groups in total. The molecule has 2 rings (SSSR count). The van der Waals surface area contributed by atoms with E-state index in [1.165, 1.54) is 18.3 Å². The van der Waals surface area contributed by atoms with Crippen molar-refractivity contribution in [2.24, 2.45) is 0 Å². The van der Waals surface area contributed by atoms with Gasteiger partial charge in [0.15, 0.2) is 5.03 Å². The Kier molecular flexibility index (Phi) is 4.35. The summed E-state index contributed by atoms with van der Waals surface area (Å²) in [7, 11) is 1.36. The molecule has 0 aliphatic carbocycles. The van der Waals surface area contributed by atoms with Crippen molar-refractivity contribution < 1.29 is 13.3 Å². The van der Waals surface area contributed by atoms with E-state index in [-0.39, 0.29) is 10.7 Å². The Morgan fingerprint density at radius 2 is 2.14 bits per heavy atom. The van der Waals surface area contributed by atoms with Crippen molar-refractivity contribution in [3.8, 4) is 0 Å². The minimum absolute atomic E-state index is 0.0306. The van der Waals surface area contributed by atoms with Gasteiger partial charge in [-0.1, -0.05) is 15.9 Å². The first-order valence-electron chi connectivity index (χ1n) is 5.60. The molecule has 0 aliphatic heterocycles. The number of non-ortho nitro benzene ring substituents is 1. The molecule has 10 heteroatoms. The van der Waals surface area contributed by atoms with Gasteiger partial charge in [-0.15, -0.1) is 0 Å². The van der Waals surface area contributed by atoms with Crippen LogP contribution in [0.4, 0.5) is 5.69 Å². The lowest BCUT2D eigenvalue weighted by Gasteiger charge is -2.07. The molecule has 0 saturated carbocycles. The van der Waals surface area contributed by atoms with Gasteiger partial charge in [-0.3, -0.25) is 10.1 Å². The maximum absolute atomic E-state index is 11.2. The van der Waals surface area contributed by atoms with Crippen LogP contribution in [0.3, 0.4) is 0 Å². The van der Waals surface area contributed by atoms with Gasteiger partial charge < -0.3 is 4.57 Å². The molecule has 0 spiro atoms. The lowest BCUT2D eigenvalue weighted by Crippen LogP contribution is -2.02. The highest BCUT2D eigenvalue weighted by molar-refractivity contribution is 9.10. The van der Waals surface area contributed by atoms with Gasteiger partial charge in [0, 0.05) is 40.0 Å². The fraction of sp³-hybridized carbons (Fsp3) is 0.182. The highest BCUT2D eigenvalue weighted by atomic mass is 79.9. The number of nitrogens with zero attached hydrogens (tertiary/aromatic N) is 3. The van der Waals surface area contributed by atoms with E-state index in [2.05, 4.69) is 20.9 Å². The third kappa shape index (κ3) is 3.60. The van der Waals surface area contributed by atoms with E-state index < -0.39 is 14.0 Å². The summed E-state index contributed by atoms with van der Waals surface area (Å²) in [4.78, 5) is 14.1. The summed E-state index contributed by atoms with van der Waals surface area (Å²) in [6, 6.07) is 4.36. The number of nitro benzene ring substituents is 1. The van der Waals surface area contributed by atoms with Crippen LogP contribution in [0.1, 0.15) is 11.4 Å². The summed E-state index contributed by atoms with van der Waals surface area (Å²) >= 11 is 3.26. The summed E-state index contributed by atoms with van der Waals surface area (Å²) in [5.41, 5.74) is 0.719. The van der Waals surface area contributed by atoms with Gasteiger partial charge in [0.05, 0.1) is 4.92 Å². The van der Waals surface area contributed by atoms with Gasteiger partial charge in [-0.2, -0.15) is 0 Å². The normalized spacial score (nSPS) is 11.6. The Bertz CT molecular complexity index is 819. The molecule has 1 aromatic carbocycles. The Balaban J connectivity index is 2.35. The zero-order chi connectivity index (χ0) is 15.8. The van der Waals surface area contributed by atoms with Crippen LogP contribution in [0.2, 0.25) is 0 Å². The zero-order valence-corrected chi connectivity index (χ0v) is 13.8. The molecule has 7 nitrogen and oxygen atoms in total. The quantitative estimate of drug-likeness (QED) is 0.451. The number of halogens is 2. The van der Waals surface area contributed by atoms with Crippen molar-refractivity contribution in [1.29, 1.82) is 0 Å². The SMILES string of the molecule is Cc1nc(S(=O)(=O)Cl)cn1Cc1ccc([N+](=O)[O-])cc1Br. The van der Waals surface area contributed by atoms with E-state index in [4.69, 9.17) is 10.7 Å². The average molecular weight is 395 g/mol. The Hall–Kier alpha value is -1.45. The van der Waals surface area contributed by atoms with Gasteiger partial charge in [-0.25, -0.2) is 13.4 Å². The molecule has 0 atom stereocenters. The molecule has 0 aliphatic rings. The maximum atomic E-state index is 11.2. The number of imidazole rings is 1. The number of aromatic nitrogens is 2. The summed E-state index contributed by atoms with van der Waals surface area (Å²) in [6.45, 7) is 1.95. The first-order chi connectivity index (χ1) is 9.68. The number of rotatable bonds is 4. The molecule has 0 radical (unpaired) electrons.